The van der Waals surface area contributed by atoms with Gasteiger partial charge in [-0.25, -0.2) is 4.79 Å². The Morgan fingerprint density at radius 2 is 1.63 bits per heavy atom. The summed E-state index contributed by atoms with van der Waals surface area (Å²) in [6, 6.07) is 19.6. The van der Waals surface area contributed by atoms with Crippen molar-refractivity contribution in [2.45, 2.75) is 52.1 Å². The number of carboxylic acids is 1. The Kier molecular flexibility index (Phi) is 7.01. The number of fused-ring (bicyclic) bond motifs is 1. The number of carbonyl (C=O) groups is 3. The Labute approximate surface area is 205 Å². The van der Waals surface area contributed by atoms with E-state index in [1.165, 1.54) is 10.5 Å². The number of aryl methyl sites for hydroxylation is 1. The Balaban J connectivity index is 1.50. The number of amides is 2. The van der Waals surface area contributed by atoms with Crippen molar-refractivity contribution in [2.75, 3.05) is 5.32 Å². The molecule has 0 saturated carbocycles. The van der Waals surface area contributed by atoms with Crippen molar-refractivity contribution >= 4 is 23.5 Å². The van der Waals surface area contributed by atoms with Crippen LogP contribution < -0.4 is 5.32 Å². The van der Waals surface area contributed by atoms with E-state index in [0.717, 1.165) is 29.5 Å². The predicted molar refractivity (Wildman–Crippen MR) is 137 cm³/mol. The van der Waals surface area contributed by atoms with Crippen LogP contribution in [0, 0.1) is 0 Å². The van der Waals surface area contributed by atoms with Crippen molar-refractivity contribution in [3.8, 4) is 11.1 Å². The second kappa shape index (κ2) is 10.1. The van der Waals surface area contributed by atoms with Crippen molar-refractivity contribution in [3.63, 3.8) is 0 Å². The van der Waals surface area contributed by atoms with E-state index in [-0.39, 0.29) is 17.9 Å². The lowest BCUT2D eigenvalue weighted by Gasteiger charge is -2.28. The number of benzene rings is 3. The zero-order valence-corrected chi connectivity index (χ0v) is 20.2. The molecular weight excluding hydrogens is 440 g/mol. The minimum absolute atomic E-state index is 0.165. The highest BCUT2D eigenvalue weighted by molar-refractivity contribution is 6.04. The molecule has 1 heterocycles. The molecule has 2 N–H and O–H groups in total. The molecule has 3 aromatic carbocycles. The van der Waals surface area contributed by atoms with Crippen LogP contribution in [-0.4, -0.2) is 33.8 Å². The van der Waals surface area contributed by atoms with E-state index in [1.54, 1.807) is 6.92 Å². The standard InChI is InChI=1S/C29H30N2O4/c1-4-6-19-7-9-21(10-8-19)27(32)30-23-14-11-20(12-15-23)22-13-16-24-18(3)31(26(5-2)29(34)35)28(33)25(24)17-22/h7-18,26H,4-6H2,1-3H3,(H,30,32)(H,34,35). The number of anilines is 1. The maximum Gasteiger partial charge on any atom is 0.326 e. The van der Waals surface area contributed by atoms with E-state index < -0.39 is 12.0 Å². The fraction of sp³-hybridized carbons (Fsp3) is 0.276. The van der Waals surface area contributed by atoms with Gasteiger partial charge in [-0.15, -0.1) is 0 Å². The van der Waals surface area contributed by atoms with Gasteiger partial charge >= 0.3 is 5.97 Å². The second-order valence-electron chi connectivity index (χ2n) is 8.93. The SMILES string of the molecule is CCCc1ccc(C(=O)Nc2ccc(-c3ccc4c(c3)C(=O)N(C(CC)C(=O)O)C4C)cc2)cc1. The Bertz CT molecular complexity index is 1250. The largest absolute Gasteiger partial charge is 0.480 e. The van der Waals surface area contributed by atoms with Crippen LogP contribution in [0.5, 0.6) is 0 Å². The number of hydrogen-bond acceptors (Lipinski definition) is 3. The third kappa shape index (κ3) is 4.83. The number of hydrogen-bond donors (Lipinski definition) is 2. The summed E-state index contributed by atoms with van der Waals surface area (Å²) < 4.78 is 0. The molecule has 0 saturated heterocycles. The van der Waals surface area contributed by atoms with Gasteiger partial charge in [0.05, 0.1) is 6.04 Å². The highest BCUT2D eigenvalue weighted by atomic mass is 16.4. The predicted octanol–water partition coefficient (Wildman–Crippen LogP) is 5.94. The molecule has 0 fully saturated rings. The van der Waals surface area contributed by atoms with Crippen LogP contribution in [0.2, 0.25) is 0 Å². The molecule has 0 aliphatic carbocycles. The lowest BCUT2D eigenvalue weighted by atomic mass is 9.98. The average Bonchev–Trinajstić information content (AvgIpc) is 3.10. The molecule has 0 bridgehead atoms. The van der Waals surface area contributed by atoms with E-state index in [0.29, 0.717) is 23.2 Å². The normalized spacial score (nSPS) is 15.6. The second-order valence-corrected chi connectivity index (χ2v) is 8.93. The highest BCUT2D eigenvalue weighted by Crippen LogP contribution is 2.38. The number of rotatable bonds is 8. The first kappa shape index (κ1) is 24.2. The van der Waals surface area contributed by atoms with Crippen molar-refractivity contribution in [1.82, 2.24) is 4.90 Å². The summed E-state index contributed by atoms with van der Waals surface area (Å²) in [5.74, 6) is -1.41. The van der Waals surface area contributed by atoms with Crippen molar-refractivity contribution in [1.29, 1.82) is 0 Å². The van der Waals surface area contributed by atoms with Crippen LogP contribution in [0.1, 0.15) is 71.5 Å². The quantitative estimate of drug-likeness (QED) is 0.427. The van der Waals surface area contributed by atoms with Gasteiger partial charge in [0.1, 0.15) is 6.04 Å². The molecule has 3 aromatic rings. The molecule has 1 aliphatic rings. The van der Waals surface area contributed by atoms with Gasteiger partial charge in [-0.3, -0.25) is 9.59 Å². The van der Waals surface area contributed by atoms with Crippen LogP contribution in [-0.2, 0) is 11.2 Å². The summed E-state index contributed by atoms with van der Waals surface area (Å²) in [4.78, 5) is 38.8. The molecule has 6 nitrogen and oxygen atoms in total. The molecule has 2 unspecified atom stereocenters. The number of nitrogens with zero attached hydrogens (tertiary/aromatic N) is 1. The Morgan fingerprint density at radius 3 is 2.23 bits per heavy atom. The molecule has 0 aromatic heterocycles. The third-order valence-corrected chi connectivity index (χ3v) is 6.62. The van der Waals surface area contributed by atoms with Gasteiger partial charge in [-0.05, 0) is 72.4 Å². The van der Waals surface area contributed by atoms with Gasteiger partial charge in [0.25, 0.3) is 11.8 Å². The van der Waals surface area contributed by atoms with E-state index in [1.807, 2.05) is 73.7 Å². The molecule has 35 heavy (non-hydrogen) atoms. The molecule has 180 valence electrons. The zero-order valence-electron chi connectivity index (χ0n) is 20.2. The molecule has 1 aliphatic heterocycles. The first-order chi connectivity index (χ1) is 16.8. The summed E-state index contributed by atoms with van der Waals surface area (Å²) in [6.07, 6.45) is 2.41. The molecule has 0 spiro atoms. The van der Waals surface area contributed by atoms with Crippen LogP contribution in [0.4, 0.5) is 5.69 Å². The first-order valence-electron chi connectivity index (χ1n) is 12.0. The van der Waals surface area contributed by atoms with Crippen LogP contribution in [0.25, 0.3) is 11.1 Å². The van der Waals surface area contributed by atoms with E-state index in [9.17, 15) is 19.5 Å². The van der Waals surface area contributed by atoms with Gasteiger partial charge in [-0.2, -0.15) is 0 Å². The van der Waals surface area contributed by atoms with Crippen LogP contribution in [0.3, 0.4) is 0 Å². The first-order valence-corrected chi connectivity index (χ1v) is 12.0. The van der Waals surface area contributed by atoms with Crippen molar-refractivity contribution in [2.24, 2.45) is 0 Å². The number of carbonyl (C=O) groups excluding carboxylic acids is 2. The summed E-state index contributed by atoms with van der Waals surface area (Å²) in [6.45, 7) is 5.76. The number of aliphatic carboxylic acids is 1. The maximum absolute atomic E-state index is 13.1. The monoisotopic (exact) mass is 470 g/mol. The maximum atomic E-state index is 13.1. The zero-order chi connectivity index (χ0) is 25.1. The van der Waals surface area contributed by atoms with Gasteiger partial charge in [0.2, 0.25) is 0 Å². The van der Waals surface area contributed by atoms with Gasteiger partial charge in [0, 0.05) is 16.8 Å². The molecule has 4 rings (SSSR count). The number of carboxylic acid groups (broad SMARTS) is 1. The lowest BCUT2D eigenvalue weighted by molar-refractivity contribution is -0.143. The highest BCUT2D eigenvalue weighted by Gasteiger charge is 2.40. The van der Waals surface area contributed by atoms with Crippen molar-refractivity contribution < 1.29 is 19.5 Å². The molecule has 6 heteroatoms. The molecular formula is C29H30N2O4. The summed E-state index contributed by atoms with van der Waals surface area (Å²) in [7, 11) is 0. The van der Waals surface area contributed by atoms with Crippen molar-refractivity contribution in [3.05, 3.63) is 89.0 Å². The van der Waals surface area contributed by atoms with E-state index in [4.69, 9.17) is 0 Å². The van der Waals surface area contributed by atoms with Crippen LogP contribution in [0.15, 0.2) is 66.7 Å². The van der Waals surface area contributed by atoms with Gasteiger partial charge in [0.15, 0.2) is 0 Å². The fourth-order valence-corrected chi connectivity index (χ4v) is 4.71. The van der Waals surface area contributed by atoms with Gasteiger partial charge in [-0.1, -0.05) is 56.7 Å². The smallest absolute Gasteiger partial charge is 0.326 e. The summed E-state index contributed by atoms with van der Waals surface area (Å²) in [5.41, 5.74) is 5.65. The lowest BCUT2D eigenvalue weighted by Crippen LogP contribution is -2.42. The number of nitrogens with one attached hydrogen (secondary N) is 1. The van der Waals surface area contributed by atoms with Gasteiger partial charge < -0.3 is 15.3 Å². The minimum Gasteiger partial charge on any atom is -0.480 e. The third-order valence-electron chi connectivity index (χ3n) is 6.62. The summed E-state index contributed by atoms with van der Waals surface area (Å²) in [5, 5.41) is 12.5. The van der Waals surface area contributed by atoms with E-state index in [2.05, 4.69) is 12.2 Å². The molecule has 0 radical (unpaired) electrons. The van der Waals surface area contributed by atoms with E-state index >= 15 is 0 Å². The minimum atomic E-state index is -0.990. The Morgan fingerprint density at radius 1 is 0.971 bits per heavy atom. The van der Waals surface area contributed by atoms with Crippen LogP contribution >= 0.6 is 0 Å². The Hall–Kier alpha value is -3.93. The topological polar surface area (TPSA) is 86.7 Å². The average molecular weight is 471 g/mol. The summed E-state index contributed by atoms with van der Waals surface area (Å²) >= 11 is 0. The molecule has 2 amide bonds. The fourth-order valence-electron chi connectivity index (χ4n) is 4.71. The molecule has 2 atom stereocenters.